The minimum atomic E-state index is -3.03. The van der Waals surface area contributed by atoms with Crippen molar-refractivity contribution in [3.8, 4) is 35.0 Å². The zero-order valence-electron chi connectivity index (χ0n) is 38.2. The lowest BCUT2D eigenvalue weighted by molar-refractivity contribution is -0.195. The number of rotatable bonds is 17. The van der Waals surface area contributed by atoms with Gasteiger partial charge in [0.1, 0.15) is 50.8 Å². The summed E-state index contributed by atoms with van der Waals surface area (Å²) in [5, 5.41) is 24.7. The van der Waals surface area contributed by atoms with E-state index in [9.17, 15) is 36.9 Å². The van der Waals surface area contributed by atoms with Crippen LogP contribution in [0.4, 0.5) is 0 Å². The Balaban J connectivity index is 0.000000174. The fraction of sp³-hybridized carbons (Fsp3) is 0.373. The van der Waals surface area contributed by atoms with Crippen LogP contribution in [0.3, 0.4) is 0 Å². The highest BCUT2D eigenvalue weighted by Gasteiger charge is 2.71. The number of carbonyl (C=O) groups excluding carboxylic acids is 2. The van der Waals surface area contributed by atoms with Crippen LogP contribution in [0.1, 0.15) is 65.6 Å². The van der Waals surface area contributed by atoms with Gasteiger partial charge in [-0.2, -0.15) is 10.5 Å². The largest absolute Gasteiger partial charge is 0.489 e. The second kappa shape index (κ2) is 18.4. The molecule has 1 N–H and O–H groups in total. The van der Waals surface area contributed by atoms with Crippen LogP contribution in [0, 0.1) is 38.9 Å². The number of sulfone groups is 2. The molecule has 1 amide bonds. The summed E-state index contributed by atoms with van der Waals surface area (Å²) < 4.78 is 61.5. The fourth-order valence-corrected chi connectivity index (χ4v) is 15.3. The smallest absolute Gasteiger partial charge is 0.251 e. The Kier molecular flexibility index (Phi) is 13.1. The molecule has 12 rings (SSSR count). The van der Waals surface area contributed by atoms with Gasteiger partial charge in [-0.3, -0.25) is 9.59 Å². The fourth-order valence-electron chi connectivity index (χ4n) is 11.7. The standard InChI is InChI=1S/C26H24Cl2N2O4S.C25H23Cl2N3O4S/c1-35(32,33)16-25-13-26(14-25,15-25)23(31)9-17-2-3-22-18(8-17)4-6-30(22)20-10-19(12-29)24(21(28)11-20)34-7-5-27;1-35(32,33)15-24-12-25(13-24,14-24)29-23(31)17-2-3-21-16(8-17)4-6-30(21)19-9-18(11-28)22(20(27)10-19)34-7-5-26/h2-4,6,8,10-11H,5,7,9,13-16H2,1H3;2-4,6,8-10H,5,7,12-15H2,1H3,(H,29,31). The van der Waals surface area contributed by atoms with Crippen molar-refractivity contribution in [2.45, 2.75) is 50.5 Å². The van der Waals surface area contributed by atoms with Crippen molar-refractivity contribution in [3.05, 3.63) is 117 Å². The molecule has 0 spiro atoms. The lowest BCUT2D eigenvalue weighted by Crippen LogP contribution is -2.76. The molecule has 2 heterocycles. The molecular weight excluding hydrogens is 1020 g/mol. The van der Waals surface area contributed by atoms with Gasteiger partial charge in [-0.15, -0.1) is 23.2 Å². The molecule has 19 heteroatoms. The van der Waals surface area contributed by atoms with Crippen molar-refractivity contribution in [1.29, 1.82) is 10.5 Å². The van der Waals surface area contributed by atoms with E-state index in [4.69, 9.17) is 55.9 Å². The van der Waals surface area contributed by atoms with Crippen LogP contribution in [0.15, 0.2) is 85.2 Å². The van der Waals surface area contributed by atoms with Crippen LogP contribution in [0.25, 0.3) is 33.2 Å². The number of hydrogen-bond donors (Lipinski definition) is 1. The summed E-state index contributed by atoms with van der Waals surface area (Å²) in [5.41, 5.74) is 4.38. The number of aromatic nitrogens is 2. The molecule has 0 aliphatic heterocycles. The van der Waals surface area contributed by atoms with E-state index in [1.165, 1.54) is 12.5 Å². The number of ketones is 1. The average Bonchev–Trinajstić information content (AvgIpc) is 3.88. The van der Waals surface area contributed by atoms with Crippen molar-refractivity contribution in [2.24, 2.45) is 16.2 Å². The van der Waals surface area contributed by atoms with Crippen LogP contribution in [0.2, 0.25) is 10.0 Å². The van der Waals surface area contributed by atoms with Crippen LogP contribution >= 0.6 is 46.4 Å². The molecular formula is C51H47Cl4N5O8S2. The van der Waals surface area contributed by atoms with Gasteiger partial charge in [0.05, 0.1) is 55.5 Å². The van der Waals surface area contributed by atoms with Gasteiger partial charge in [0.2, 0.25) is 0 Å². The summed E-state index contributed by atoms with van der Waals surface area (Å²) in [4.78, 5) is 25.9. The molecule has 6 saturated carbocycles. The van der Waals surface area contributed by atoms with Crippen molar-refractivity contribution in [2.75, 3.05) is 49.0 Å². The summed E-state index contributed by atoms with van der Waals surface area (Å²) in [7, 11) is -6.05. The zero-order chi connectivity index (χ0) is 50.0. The topological polar surface area (TPSA) is 190 Å². The van der Waals surface area contributed by atoms with E-state index in [0.717, 1.165) is 33.1 Å². The van der Waals surface area contributed by atoms with Crippen molar-refractivity contribution >= 4 is 99.6 Å². The van der Waals surface area contributed by atoms with Crippen LogP contribution in [-0.2, 0) is 30.9 Å². The number of amides is 1. The molecule has 0 saturated heterocycles. The Morgan fingerprint density at radius 3 is 1.61 bits per heavy atom. The predicted molar refractivity (Wildman–Crippen MR) is 272 cm³/mol. The Hall–Kier alpha value is -5.26. The van der Waals surface area contributed by atoms with E-state index in [1.54, 1.807) is 30.3 Å². The van der Waals surface area contributed by atoms with Gasteiger partial charge >= 0.3 is 0 Å². The molecule has 0 radical (unpaired) electrons. The number of benzene rings is 4. The molecule has 4 bridgehead atoms. The average molecular weight is 1060 g/mol. The summed E-state index contributed by atoms with van der Waals surface area (Å²) in [6.45, 7) is 0.496. The van der Waals surface area contributed by atoms with Gasteiger partial charge in [0, 0.05) is 70.0 Å². The first-order valence-corrected chi connectivity index (χ1v) is 28.4. The molecule has 4 aromatic carbocycles. The highest BCUT2D eigenvalue weighted by molar-refractivity contribution is 7.91. The number of nitriles is 2. The summed E-state index contributed by atoms with van der Waals surface area (Å²) in [6, 6.07) is 26.4. The molecule has 0 unspecified atom stereocenters. The molecule has 364 valence electrons. The highest BCUT2D eigenvalue weighted by Crippen LogP contribution is 2.74. The molecule has 6 aromatic rings. The molecule has 6 aliphatic rings. The maximum absolute atomic E-state index is 13.0. The third-order valence-corrected chi connectivity index (χ3v) is 17.1. The Labute approximate surface area is 426 Å². The van der Waals surface area contributed by atoms with Crippen LogP contribution in [-0.4, -0.2) is 92.2 Å². The number of alkyl halides is 2. The third-order valence-electron chi connectivity index (χ3n) is 14.0. The summed E-state index contributed by atoms with van der Waals surface area (Å²) >= 11 is 24.2. The van der Waals surface area contributed by atoms with Gasteiger partial charge in [0.25, 0.3) is 5.91 Å². The minimum Gasteiger partial charge on any atom is -0.489 e. The number of ether oxygens (including phenoxy) is 2. The maximum Gasteiger partial charge on any atom is 0.251 e. The number of hydrogen-bond acceptors (Lipinski definition) is 10. The normalized spacial score (nSPS) is 22.7. The molecule has 0 atom stereocenters. The monoisotopic (exact) mass is 1060 g/mol. The zero-order valence-corrected chi connectivity index (χ0v) is 42.8. The predicted octanol–water partition coefficient (Wildman–Crippen LogP) is 9.57. The van der Waals surface area contributed by atoms with E-state index in [1.807, 2.05) is 64.0 Å². The quantitative estimate of drug-likeness (QED) is 0.0861. The van der Waals surface area contributed by atoms with Gasteiger partial charge in [-0.1, -0.05) is 29.3 Å². The van der Waals surface area contributed by atoms with E-state index >= 15 is 0 Å². The van der Waals surface area contributed by atoms with E-state index in [-0.39, 0.29) is 64.1 Å². The van der Waals surface area contributed by atoms with Crippen LogP contribution in [0.5, 0.6) is 11.5 Å². The first-order chi connectivity index (χ1) is 33.1. The molecule has 6 fully saturated rings. The summed E-state index contributed by atoms with van der Waals surface area (Å²) in [5.74, 6) is 1.61. The molecule has 6 aliphatic carbocycles. The number of Topliss-reactive ketones (excluding diaryl/α,β-unsaturated/α-hetero) is 1. The Bertz CT molecular complexity index is 3430. The number of carbonyl (C=O) groups is 2. The highest BCUT2D eigenvalue weighted by atomic mass is 35.5. The molecule has 13 nitrogen and oxygen atoms in total. The van der Waals surface area contributed by atoms with Gasteiger partial charge < -0.3 is 23.9 Å². The number of nitrogens with zero attached hydrogens (tertiary/aromatic N) is 4. The lowest BCUT2D eigenvalue weighted by Gasteiger charge is -2.70. The van der Waals surface area contributed by atoms with E-state index < -0.39 is 19.7 Å². The van der Waals surface area contributed by atoms with E-state index in [2.05, 4.69) is 17.5 Å². The Morgan fingerprint density at radius 2 is 1.14 bits per heavy atom. The van der Waals surface area contributed by atoms with Crippen molar-refractivity contribution < 1.29 is 35.9 Å². The first kappa shape index (κ1) is 49.7. The van der Waals surface area contributed by atoms with Gasteiger partial charge in [-0.05, 0) is 122 Å². The number of fused-ring (bicyclic) bond motifs is 2. The van der Waals surface area contributed by atoms with Gasteiger partial charge in [0.15, 0.2) is 11.5 Å². The van der Waals surface area contributed by atoms with Crippen molar-refractivity contribution in [3.63, 3.8) is 0 Å². The number of nitrogens with one attached hydrogen (secondary N) is 1. The second-order valence-electron chi connectivity index (χ2n) is 19.8. The molecule has 2 aromatic heterocycles. The maximum atomic E-state index is 13.0. The molecule has 70 heavy (non-hydrogen) atoms. The third kappa shape index (κ3) is 9.61. The lowest BCUT2D eigenvalue weighted by atomic mass is 9.34. The SMILES string of the molecule is CS(=O)(=O)CC12CC(C(=O)Cc3ccc4c(ccn4-c4cc(Cl)c(OCCCl)c(C#N)c4)c3)(C1)C2.CS(=O)(=O)CC12CC(NC(=O)c3ccc4c(ccn4-c4cc(Cl)c(OCCCl)c(C#N)c4)c3)(C1)C2. The number of halogens is 4. The second-order valence-corrected chi connectivity index (χ2v) is 25.6. The first-order valence-electron chi connectivity index (χ1n) is 22.4. The van der Waals surface area contributed by atoms with E-state index in [0.29, 0.717) is 94.7 Å². The Morgan fingerprint density at radius 1 is 0.671 bits per heavy atom. The van der Waals surface area contributed by atoms with Gasteiger partial charge in [-0.25, -0.2) is 16.8 Å². The van der Waals surface area contributed by atoms with Crippen molar-refractivity contribution in [1.82, 2.24) is 14.5 Å². The van der Waals surface area contributed by atoms with Crippen LogP contribution < -0.4 is 14.8 Å². The minimum absolute atomic E-state index is 0.157. The summed E-state index contributed by atoms with van der Waals surface area (Å²) in [6.07, 6.45) is 10.8.